The van der Waals surface area contributed by atoms with Crippen molar-refractivity contribution in [3.05, 3.63) is 46.9 Å². The van der Waals surface area contributed by atoms with Crippen LogP contribution in [0.3, 0.4) is 0 Å². The van der Waals surface area contributed by atoms with Gasteiger partial charge >= 0.3 is 0 Å². The van der Waals surface area contributed by atoms with Gasteiger partial charge < -0.3 is 14.7 Å². The van der Waals surface area contributed by atoms with Crippen LogP contribution < -0.4 is 4.74 Å². The van der Waals surface area contributed by atoms with Gasteiger partial charge in [-0.25, -0.2) is 0 Å². The van der Waals surface area contributed by atoms with Crippen LogP contribution in [0.2, 0.25) is 0 Å². The largest absolute Gasteiger partial charge is 0.504 e. The number of thiophene rings is 1. The second-order valence-corrected chi connectivity index (χ2v) is 7.12. The van der Waals surface area contributed by atoms with Gasteiger partial charge in [0.15, 0.2) is 11.5 Å². The highest BCUT2D eigenvalue weighted by atomic mass is 32.1. The number of hydrogen-bond donors (Lipinski definition) is 1. The van der Waals surface area contributed by atoms with Crippen LogP contribution in [0.15, 0.2) is 36.4 Å². The van der Waals surface area contributed by atoms with Crippen LogP contribution in [-0.2, 0) is 11.3 Å². The number of aromatic hydroxyl groups is 1. The summed E-state index contributed by atoms with van der Waals surface area (Å²) < 4.78 is 5.70. The number of nitrogens with zero attached hydrogens (tertiary/aromatic N) is 1. The Hall–Kier alpha value is -2.27. The molecule has 24 heavy (non-hydrogen) atoms. The molecule has 1 aliphatic rings. The van der Waals surface area contributed by atoms with Gasteiger partial charge in [-0.05, 0) is 43.7 Å². The number of rotatable bonds is 3. The molecule has 1 N–H and O–H groups in total. The molecule has 4 nitrogen and oxygen atoms in total. The van der Waals surface area contributed by atoms with E-state index in [2.05, 4.69) is 13.0 Å². The molecule has 1 aromatic carbocycles. The fraction of sp³-hybridized carbons (Fsp3) is 0.316. The summed E-state index contributed by atoms with van der Waals surface area (Å²) in [6, 6.07) is 7.86. The number of carbonyl (C=O) groups is 1. The highest BCUT2D eigenvalue weighted by Crippen LogP contribution is 2.39. The van der Waals surface area contributed by atoms with Crippen molar-refractivity contribution < 1.29 is 14.6 Å². The molecule has 0 unspecified atom stereocenters. The van der Waals surface area contributed by atoms with Crippen molar-refractivity contribution in [3.8, 4) is 21.9 Å². The van der Waals surface area contributed by atoms with E-state index >= 15 is 0 Å². The lowest BCUT2D eigenvalue weighted by Gasteiger charge is -2.19. The van der Waals surface area contributed by atoms with Crippen molar-refractivity contribution in [2.24, 2.45) is 0 Å². The summed E-state index contributed by atoms with van der Waals surface area (Å²) in [5.41, 5.74) is 1.80. The van der Waals surface area contributed by atoms with Crippen molar-refractivity contribution in [3.63, 3.8) is 0 Å². The molecule has 126 valence electrons. The zero-order valence-corrected chi connectivity index (χ0v) is 14.7. The Morgan fingerprint density at radius 3 is 2.96 bits per heavy atom. The number of phenolic OH excluding ortho intramolecular Hbond substituents is 1. The summed E-state index contributed by atoms with van der Waals surface area (Å²) in [4.78, 5) is 16.4. The fourth-order valence-corrected chi connectivity index (χ4v) is 3.65. The number of hydrogen-bond acceptors (Lipinski definition) is 4. The minimum absolute atomic E-state index is 0.0708. The molecule has 0 spiro atoms. The standard InChI is InChI=1S/C19H21NO3S/c1-3-4-5-18(22)20-8-9-23-19-15(12-20)10-14(11-16(19)21)17-7-6-13(2)24-17/h3-4,6-7,10-11,21H,5,8-9,12H2,1-2H3/b4-3+. The molecule has 1 aliphatic heterocycles. The van der Waals surface area contributed by atoms with Crippen molar-refractivity contribution >= 4 is 17.2 Å². The zero-order valence-electron chi connectivity index (χ0n) is 13.9. The van der Waals surface area contributed by atoms with E-state index in [0.717, 1.165) is 16.0 Å². The third-order valence-corrected chi connectivity index (χ3v) is 5.07. The predicted molar refractivity (Wildman–Crippen MR) is 96.5 cm³/mol. The average Bonchev–Trinajstić information content (AvgIpc) is 2.87. The summed E-state index contributed by atoms with van der Waals surface area (Å²) in [7, 11) is 0. The van der Waals surface area contributed by atoms with Crippen LogP contribution in [0.5, 0.6) is 11.5 Å². The maximum atomic E-state index is 12.3. The van der Waals surface area contributed by atoms with Crippen LogP contribution in [-0.4, -0.2) is 29.1 Å². The van der Waals surface area contributed by atoms with Gasteiger partial charge in [0.05, 0.1) is 6.54 Å². The SMILES string of the molecule is C/C=C/CC(=O)N1CCOc2c(O)cc(-c3ccc(C)s3)cc2C1. The van der Waals surface area contributed by atoms with E-state index in [1.807, 2.05) is 31.2 Å². The minimum atomic E-state index is 0.0708. The average molecular weight is 343 g/mol. The number of phenols is 1. The summed E-state index contributed by atoms with van der Waals surface area (Å²) in [6.45, 7) is 5.33. The fourth-order valence-electron chi connectivity index (χ4n) is 2.79. The Labute approximate surface area is 146 Å². The zero-order chi connectivity index (χ0) is 17.1. The molecular formula is C19H21NO3S. The molecule has 2 heterocycles. The van der Waals surface area contributed by atoms with Gasteiger partial charge in [-0.15, -0.1) is 11.3 Å². The third-order valence-electron chi connectivity index (χ3n) is 4.02. The second-order valence-electron chi connectivity index (χ2n) is 5.83. The van der Waals surface area contributed by atoms with Crippen LogP contribution in [0.4, 0.5) is 0 Å². The number of aryl methyl sites for hydroxylation is 1. The molecule has 0 saturated heterocycles. The number of benzene rings is 1. The van der Waals surface area contributed by atoms with Crippen LogP contribution in [0, 0.1) is 6.92 Å². The third kappa shape index (κ3) is 3.46. The van der Waals surface area contributed by atoms with Crippen molar-refractivity contribution in [2.75, 3.05) is 13.2 Å². The lowest BCUT2D eigenvalue weighted by Crippen LogP contribution is -2.31. The lowest BCUT2D eigenvalue weighted by molar-refractivity contribution is -0.131. The minimum Gasteiger partial charge on any atom is -0.504 e. The summed E-state index contributed by atoms with van der Waals surface area (Å²) in [5.74, 6) is 0.700. The first-order valence-electron chi connectivity index (χ1n) is 8.03. The quantitative estimate of drug-likeness (QED) is 0.853. The van der Waals surface area contributed by atoms with Crippen LogP contribution >= 0.6 is 11.3 Å². The molecule has 5 heteroatoms. The molecule has 0 atom stereocenters. The van der Waals surface area contributed by atoms with E-state index in [0.29, 0.717) is 31.9 Å². The maximum Gasteiger partial charge on any atom is 0.226 e. The maximum absolute atomic E-state index is 12.3. The molecule has 1 amide bonds. The van der Waals surface area contributed by atoms with Gasteiger partial charge in [-0.1, -0.05) is 12.2 Å². The number of amides is 1. The normalized spacial score (nSPS) is 14.3. The molecular weight excluding hydrogens is 322 g/mol. The van der Waals surface area contributed by atoms with Gasteiger partial charge in [-0.3, -0.25) is 4.79 Å². The van der Waals surface area contributed by atoms with E-state index < -0.39 is 0 Å². The molecule has 0 saturated carbocycles. The Bertz CT molecular complexity index is 779. The Morgan fingerprint density at radius 1 is 1.42 bits per heavy atom. The molecule has 0 aliphatic carbocycles. The highest BCUT2D eigenvalue weighted by molar-refractivity contribution is 7.15. The number of allylic oxidation sites excluding steroid dienone is 1. The first-order chi connectivity index (χ1) is 11.6. The summed E-state index contributed by atoms with van der Waals surface area (Å²) in [5, 5.41) is 10.4. The first kappa shape index (κ1) is 16.6. The lowest BCUT2D eigenvalue weighted by atomic mass is 10.1. The van der Waals surface area contributed by atoms with Crippen molar-refractivity contribution in [1.82, 2.24) is 4.90 Å². The molecule has 0 bridgehead atoms. The smallest absolute Gasteiger partial charge is 0.226 e. The second kappa shape index (κ2) is 7.09. The first-order valence-corrected chi connectivity index (χ1v) is 8.84. The van der Waals surface area contributed by atoms with Gasteiger partial charge in [0, 0.05) is 28.3 Å². The summed E-state index contributed by atoms with van der Waals surface area (Å²) >= 11 is 1.68. The van der Waals surface area contributed by atoms with Crippen LogP contribution in [0.1, 0.15) is 23.8 Å². The van der Waals surface area contributed by atoms with Gasteiger partial charge in [0.25, 0.3) is 0 Å². The highest BCUT2D eigenvalue weighted by Gasteiger charge is 2.22. The Kier molecular flexibility index (Phi) is 4.90. The van der Waals surface area contributed by atoms with E-state index in [1.54, 1.807) is 22.3 Å². The molecule has 2 aromatic rings. The Balaban J connectivity index is 1.92. The monoisotopic (exact) mass is 343 g/mol. The Morgan fingerprint density at radius 2 is 2.25 bits per heavy atom. The molecule has 0 radical (unpaired) electrons. The van der Waals surface area contributed by atoms with E-state index in [4.69, 9.17) is 4.74 Å². The van der Waals surface area contributed by atoms with Gasteiger partial charge in [0.1, 0.15) is 6.61 Å². The molecule has 0 fully saturated rings. The molecule has 1 aromatic heterocycles. The topological polar surface area (TPSA) is 49.8 Å². The van der Waals surface area contributed by atoms with E-state index in [-0.39, 0.29) is 11.7 Å². The number of carbonyl (C=O) groups excluding carboxylic acids is 1. The van der Waals surface area contributed by atoms with Crippen LogP contribution in [0.25, 0.3) is 10.4 Å². The van der Waals surface area contributed by atoms with Crippen molar-refractivity contribution in [1.29, 1.82) is 0 Å². The summed E-state index contributed by atoms with van der Waals surface area (Å²) in [6.07, 6.45) is 4.13. The number of ether oxygens (including phenoxy) is 1. The van der Waals surface area contributed by atoms with Gasteiger partial charge in [0.2, 0.25) is 5.91 Å². The van der Waals surface area contributed by atoms with Gasteiger partial charge in [-0.2, -0.15) is 0 Å². The molecule has 3 rings (SSSR count). The van der Waals surface area contributed by atoms with Crippen molar-refractivity contribution in [2.45, 2.75) is 26.8 Å². The van der Waals surface area contributed by atoms with E-state index in [1.165, 1.54) is 4.88 Å². The van der Waals surface area contributed by atoms with E-state index in [9.17, 15) is 9.90 Å². The number of fused-ring (bicyclic) bond motifs is 1. The predicted octanol–water partition coefficient (Wildman–Crippen LogP) is 4.12.